The van der Waals surface area contributed by atoms with Crippen LogP contribution in [0.1, 0.15) is 66.2 Å². The molecule has 0 radical (unpaired) electrons. The first kappa shape index (κ1) is 14.3. The van der Waals surface area contributed by atoms with Crippen LogP contribution in [0, 0.1) is 11.8 Å². The summed E-state index contributed by atoms with van der Waals surface area (Å²) in [5.41, 5.74) is 0. The predicted octanol–water partition coefficient (Wildman–Crippen LogP) is 3.92. The molecule has 0 bridgehead atoms. The van der Waals surface area contributed by atoms with E-state index in [2.05, 4.69) is 37.7 Å². The van der Waals surface area contributed by atoms with Gasteiger partial charge in [0.1, 0.15) is 0 Å². The van der Waals surface area contributed by atoms with E-state index in [0.717, 1.165) is 23.9 Å². The van der Waals surface area contributed by atoms with Gasteiger partial charge in [0, 0.05) is 25.2 Å². The van der Waals surface area contributed by atoms with E-state index in [1.165, 1.54) is 51.6 Å². The molecule has 2 heteroatoms. The van der Waals surface area contributed by atoms with Gasteiger partial charge in [-0.2, -0.15) is 0 Å². The van der Waals surface area contributed by atoms with Gasteiger partial charge in [-0.3, -0.25) is 0 Å². The highest BCUT2D eigenvalue weighted by molar-refractivity contribution is 4.84. The summed E-state index contributed by atoms with van der Waals surface area (Å²) in [5, 5.41) is 5.52. The molecule has 0 N–H and O–H groups in total. The van der Waals surface area contributed by atoms with Crippen LogP contribution < -0.4 is 0 Å². The van der Waals surface area contributed by atoms with Crippen molar-refractivity contribution in [2.24, 2.45) is 11.8 Å². The standard InChI is InChI=1S/C16H32N2/c1-13(2)15-9-5-7-11-17(15)18-12-8-6-10-16(18)14(3)4/h13-16H,5-12H2,1-4H3. The Morgan fingerprint density at radius 1 is 0.667 bits per heavy atom. The number of hydrazine groups is 1. The van der Waals surface area contributed by atoms with Crippen LogP contribution in [0.4, 0.5) is 0 Å². The van der Waals surface area contributed by atoms with E-state index in [1.54, 1.807) is 0 Å². The summed E-state index contributed by atoms with van der Waals surface area (Å²) in [6, 6.07) is 1.58. The molecule has 0 aromatic heterocycles. The highest BCUT2D eigenvalue weighted by Gasteiger charge is 2.35. The summed E-state index contributed by atoms with van der Waals surface area (Å²) in [4.78, 5) is 0. The molecule has 0 aromatic rings. The van der Waals surface area contributed by atoms with Crippen LogP contribution in [0.5, 0.6) is 0 Å². The number of piperidine rings is 2. The molecule has 2 saturated heterocycles. The molecule has 0 aromatic carbocycles. The van der Waals surface area contributed by atoms with Crippen molar-refractivity contribution in [1.29, 1.82) is 0 Å². The van der Waals surface area contributed by atoms with Gasteiger partial charge >= 0.3 is 0 Å². The van der Waals surface area contributed by atoms with E-state index in [1.807, 2.05) is 0 Å². The molecule has 2 aliphatic rings. The van der Waals surface area contributed by atoms with Gasteiger partial charge in [0.05, 0.1) is 0 Å². The zero-order chi connectivity index (χ0) is 13.1. The van der Waals surface area contributed by atoms with E-state index in [0.29, 0.717) is 0 Å². The minimum Gasteiger partial charge on any atom is -0.238 e. The normalized spacial score (nSPS) is 32.3. The third-order valence-electron chi connectivity index (χ3n) is 4.91. The minimum atomic E-state index is 0.790. The highest BCUT2D eigenvalue weighted by Crippen LogP contribution is 2.31. The molecule has 0 spiro atoms. The largest absolute Gasteiger partial charge is 0.238 e. The Bertz CT molecular complexity index is 223. The lowest BCUT2D eigenvalue weighted by Crippen LogP contribution is -2.59. The van der Waals surface area contributed by atoms with E-state index >= 15 is 0 Å². The maximum absolute atomic E-state index is 2.76. The predicted molar refractivity (Wildman–Crippen MR) is 78.4 cm³/mol. The molecule has 0 aliphatic carbocycles. The van der Waals surface area contributed by atoms with Gasteiger partial charge in [-0.15, -0.1) is 0 Å². The van der Waals surface area contributed by atoms with Gasteiger partial charge in [0.15, 0.2) is 0 Å². The van der Waals surface area contributed by atoms with Crippen LogP contribution in [0.2, 0.25) is 0 Å². The fourth-order valence-electron chi connectivity index (χ4n) is 3.88. The lowest BCUT2D eigenvalue weighted by molar-refractivity contribution is -0.140. The Hall–Kier alpha value is -0.0800. The van der Waals surface area contributed by atoms with E-state index in [9.17, 15) is 0 Å². The van der Waals surface area contributed by atoms with E-state index < -0.39 is 0 Å². The summed E-state index contributed by atoms with van der Waals surface area (Å²) in [6.45, 7) is 12.2. The summed E-state index contributed by atoms with van der Waals surface area (Å²) in [5.74, 6) is 1.58. The zero-order valence-corrected chi connectivity index (χ0v) is 12.9. The average Bonchev–Trinajstić information content (AvgIpc) is 2.38. The van der Waals surface area contributed by atoms with Crippen molar-refractivity contribution in [3.63, 3.8) is 0 Å². The molecule has 2 nitrogen and oxygen atoms in total. The average molecular weight is 252 g/mol. The summed E-state index contributed by atoms with van der Waals surface area (Å²) in [7, 11) is 0. The molecule has 2 aliphatic heterocycles. The smallest absolute Gasteiger partial charge is 0.0269 e. The minimum absolute atomic E-state index is 0.790. The Balaban J connectivity index is 2.10. The number of hydrogen-bond acceptors (Lipinski definition) is 2. The molecule has 2 atom stereocenters. The second-order valence-corrected chi connectivity index (χ2v) is 6.94. The SMILES string of the molecule is CC(C)C1CCCCN1N1CCCCC1C(C)C. The van der Waals surface area contributed by atoms with Gasteiger partial charge in [-0.1, -0.05) is 40.5 Å². The van der Waals surface area contributed by atoms with Crippen LogP contribution in [-0.2, 0) is 0 Å². The van der Waals surface area contributed by atoms with Crippen molar-refractivity contribution in [3.8, 4) is 0 Å². The Labute approximate surface area is 114 Å². The lowest BCUT2D eigenvalue weighted by atomic mass is 9.91. The summed E-state index contributed by atoms with van der Waals surface area (Å²) in [6.07, 6.45) is 8.45. The fourth-order valence-corrected chi connectivity index (χ4v) is 3.88. The molecule has 18 heavy (non-hydrogen) atoms. The van der Waals surface area contributed by atoms with Crippen molar-refractivity contribution in [2.75, 3.05) is 13.1 Å². The van der Waals surface area contributed by atoms with Gasteiger partial charge in [0.25, 0.3) is 0 Å². The zero-order valence-electron chi connectivity index (χ0n) is 12.9. The molecule has 2 heterocycles. The van der Waals surface area contributed by atoms with Crippen molar-refractivity contribution in [3.05, 3.63) is 0 Å². The van der Waals surface area contributed by atoms with Gasteiger partial charge in [0.2, 0.25) is 0 Å². The third kappa shape index (κ3) is 3.08. The molecule has 2 fully saturated rings. The van der Waals surface area contributed by atoms with Crippen molar-refractivity contribution < 1.29 is 0 Å². The van der Waals surface area contributed by atoms with Crippen LogP contribution in [-0.4, -0.2) is 35.2 Å². The van der Waals surface area contributed by atoms with E-state index in [4.69, 9.17) is 0 Å². The van der Waals surface area contributed by atoms with Crippen LogP contribution in [0.3, 0.4) is 0 Å². The monoisotopic (exact) mass is 252 g/mol. The second kappa shape index (κ2) is 6.38. The Kier molecular flexibility index (Phi) is 5.08. The Morgan fingerprint density at radius 3 is 1.39 bits per heavy atom. The van der Waals surface area contributed by atoms with Crippen molar-refractivity contribution >= 4 is 0 Å². The third-order valence-corrected chi connectivity index (χ3v) is 4.91. The summed E-state index contributed by atoms with van der Waals surface area (Å²) < 4.78 is 0. The maximum Gasteiger partial charge on any atom is 0.0269 e. The quantitative estimate of drug-likeness (QED) is 0.751. The fraction of sp³-hybridized carbons (Fsp3) is 1.00. The first-order valence-corrected chi connectivity index (χ1v) is 8.14. The molecule has 0 amide bonds. The second-order valence-electron chi connectivity index (χ2n) is 6.94. The van der Waals surface area contributed by atoms with Crippen LogP contribution in [0.15, 0.2) is 0 Å². The molecule has 2 unspecified atom stereocenters. The topological polar surface area (TPSA) is 6.48 Å². The first-order chi connectivity index (χ1) is 8.61. The number of nitrogens with zero attached hydrogens (tertiary/aromatic N) is 2. The molecular weight excluding hydrogens is 220 g/mol. The Morgan fingerprint density at radius 2 is 1.06 bits per heavy atom. The number of hydrogen-bond donors (Lipinski definition) is 0. The van der Waals surface area contributed by atoms with Gasteiger partial charge in [-0.05, 0) is 37.5 Å². The molecule has 0 saturated carbocycles. The highest BCUT2D eigenvalue weighted by atomic mass is 15.6. The van der Waals surface area contributed by atoms with Crippen LogP contribution >= 0.6 is 0 Å². The lowest BCUT2D eigenvalue weighted by Gasteiger charge is -2.51. The van der Waals surface area contributed by atoms with Gasteiger partial charge in [-0.25, -0.2) is 10.0 Å². The van der Waals surface area contributed by atoms with Crippen molar-refractivity contribution in [1.82, 2.24) is 10.0 Å². The van der Waals surface area contributed by atoms with Crippen LogP contribution in [0.25, 0.3) is 0 Å². The molecule has 2 rings (SSSR count). The van der Waals surface area contributed by atoms with Crippen molar-refractivity contribution in [2.45, 2.75) is 78.3 Å². The molecule has 106 valence electrons. The number of rotatable bonds is 3. The maximum atomic E-state index is 2.76. The summed E-state index contributed by atoms with van der Waals surface area (Å²) >= 11 is 0. The molecular formula is C16H32N2. The first-order valence-electron chi connectivity index (χ1n) is 8.14. The van der Waals surface area contributed by atoms with E-state index in [-0.39, 0.29) is 0 Å². The van der Waals surface area contributed by atoms with Gasteiger partial charge < -0.3 is 0 Å².